The van der Waals surface area contributed by atoms with Crippen molar-refractivity contribution in [2.75, 3.05) is 25.1 Å². The molecular weight excluding hydrogens is 307 g/mol. The lowest BCUT2D eigenvalue weighted by Crippen LogP contribution is -2.44. The molecule has 1 aliphatic rings. The number of fused-ring (bicyclic) bond motifs is 1. The van der Waals surface area contributed by atoms with Crippen LogP contribution in [0, 0.1) is 25.1 Å². The molecule has 1 aromatic carbocycles. The van der Waals surface area contributed by atoms with Gasteiger partial charge >= 0.3 is 0 Å². The third kappa shape index (κ3) is 2.67. The first-order valence-electron chi connectivity index (χ1n) is 8.01. The number of aromatic nitrogens is 1. The van der Waals surface area contributed by atoms with Crippen molar-refractivity contribution in [3.8, 4) is 12.3 Å². The third-order valence-electron chi connectivity index (χ3n) is 4.97. The second-order valence-electron chi connectivity index (χ2n) is 6.63. The normalized spacial score (nSPS) is 17.0. The molecule has 0 amide bonds. The Morgan fingerprint density at radius 3 is 2.62 bits per heavy atom. The number of rotatable bonds is 2. The molecule has 1 fully saturated rings. The zero-order valence-corrected chi connectivity index (χ0v) is 14.2. The molecule has 0 radical (unpaired) electrons. The molecule has 1 saturated heterocycles. The first-order valence-corrected chi connectivity index (χ1v) is 8.01. The van der Waals surface area contributed by atoms with Gasteiger partial charge in [-0.3, -0.25) is 4.79 Å². The molecule has 0 atom stereocenters. The van der Waals surface area contributed by atoms with Gasteiger partial charge in [0, 0.05) is 25.6 Å². The van der Waals surface area contributed by atoms with E-state index in [1.165, 1.54) is 6.07 Å². The molecule has 3 rings (SSSR count). The Kier molecular flexibility index (Phi) is 4.10. The van der Waals surface area contributed by atoms with Gasteiger partial charge in [-0.2, -0.15) is 0 Å². The molecule has 5 heteroatoms. The van der Waals surface area contributed by atoms with Gasteiger partial charge in [-0.05, 0) is 44.4 Å². The van der Waals surface area contributed by atoms with Gasteiger partial charge < -0.3 is 14.6 Å². The molecule has 1 aliphatic heterocycles. The minimum atomic E-state index is -0.439. The molecule has 0 bridgehead atoms. The predicted molar refractivity (Wildman–Crippen MR) is 94.1 cm³/mol. The van der Waals surface area contributed by atoms with Crippen LogP contribution in [0.4, 0.5) is 10.1 Å². The van der Waals surface area contributed by atoms with Gasteiger partial charge in [0.05, 0.1) is 16.8 Å². The molecule has 0 spiro atoms. The summed E-state index contributed by atoms with van der Waals surface area (Å²) in [6.45, 7) is 5.30. The number of pyridine rings is 1. The molecule has 0 saturated carbocycles. The number of ether oxygens (including phenoxy) is 1. The molecule has 24 heavy (non-hydrogen) atoms. The Morgan fingerprint density at radius 2 is 2.04 bits per heavy atom. The van der Waals surface area contributed by atoms with Crippen LogP contribution in [0.1, 0.15) is 30.9 Å². The molecule has 1 N–H and O–H groups in total. The molecule has 0 aliphatic carbocycles. The van der Waals surface area contributed by atoms with Crippen molar-refractivity contribution < 1.29 is 9.13 Å². The zero-order chi connectivity index (χ0) is 17.5. The summed E-state index contributed by atoms with van der Waals surface area (Å²) in [4.78, 5) is 17.0. The van der Waals surface area contributed by atoms with Crippen LogP contribution in [0.25, 0.3) is 10.9 Å². The summed E-state index contributed by atoms with van der Waals surface area (Å²) >= 11 is 0. The van der Waals surface area contributed by atoms with E-state index in [0.29, 0.717) is 24.2 Å². The SMILES string of the molecule is C#Cc1c(N2CCC(C)(OC)CC2)c2cc(C)cc(F)c2[nH]c1=O. The van der Waals surface area contributed by atoms with Crippen molar-refractivity contribution in [2.24, 2.45) is 0 Å². The maximum Gasteiger partial charge on any atom is 0.266 e. The number of benzene rings is 1. The first-order chi connectivity index (χ1) is 11.4. The Balaban J connectivity index is 2.20. The highest BCUT2D eigenvalue weighted by Gasteiger charge is 2.31. The zero-order valence-electron chi connectivity index (χ0n) is 14.2. The number of nitrogens with zero attached hydrogens (tertiary/aromatic N) is 1. The Labute approximate surface area is 140 Å². The van der Waals surface area contributed by atoms with E-state index in [9.17, 15) is 9.18 Å². The van der Waals surface area contributed by atoms with E-state index >= 15 is 0 Å². The van der Waals surface area contributed by atoms with E-state index in [4.69, 9.17) is 11.2 Å². The predicted octanol–water partition coefficient (Wildman–Crippen LogP) is 2.96. The van der Waals surface area contributed by atoms with Crippen LogP contribution in [0.5, 0.6) is 0 Å². The quantitative estimate of drug-likeness (QED) is 0.862. The van der Waals surface area contributed by atoms with E-state index in [1.807, 2.05) is 13.0 Å². The fourth-order valence-electron chi connectivity index (χ4n) is 3.34. The Morgan fingerprint density at radius 1 is 1.38 bits per heavy atom. The number of halogens is 1. The van der Waals surface area contributed by atoms with Crippen LogP contribution in [0.3, 0.4) is 0 Å². The highest BCUT2D eigenvalue weighted by Crippen LogP contribution is 2.34. The van der Waals surface area contributed by atoms with Gasteiger partial charge in [0.1, 0.15) is 11.4 Å². The minimum absolute atomic E-state index is 0.176. The van der Waals surface area contributed by atoms with Gasteiger partial charge in [-0.15, -0.1) is 6.42 Å². The maximum atomic E-state index is 14.3. The van der Waals surface area contributed by atoms with Gasteiger partial charge in [0.2, 0.25) is 0 Å². The highest BCUT2D eigenvalue weighted by molar-refractivity contribution is 5.95. The summed E-state index contributed by atoms with van der Waals surface area (Å²) in [6.07, 6.45) is 7.22. The van der Waals surface area contributed by atoms with Crippen LogP contribution < -0.4 is 10.5 Å². The van der Waals surface area contributed by atoms with Crippen molar-refractivity contribution in [1.82, 2.24) is 4.98 Å². The van der Waals surface area contributed by atoms with Crippen LogP contribution >= 0.6 is 0 Å². The lowest BCUT2D eigenvalue weighted by molar-refractivity contribution is -0.0132. The average molecular weight is 328 g/mol. The van der Waals surface area contributed by atoms with Crippen molar-refractivity contribution in [3.63, 3.8) is 0 Å². The van der Waals surface area contributed by atoms with E-state index in [1.54, 1.807) is 7.11 Å². The van der Waals surface area contributed by atoms with E-state index < -0.39 is 11.4 Å². The molecule has 0 unspecified atom stereocenters. The number of methoxy groups -OCH3 is 1. The average Bonchev–Trinajstić information content (AvgIpc) is 2.55. The molecular formula is C19H21FN2O2. The van der Waals surface area contributed by atoms with Gasteiger partial charge in [-0.1, -0.05) is 5.92 Å². The van der Waals surface area contributed by atoms with E-state index in [2.05, 4.69) is 22.7 Å². The van der Waals surface area contributed by atoms with E-state index in [0.717, 1.165) is 18.4 Å². The second-order valence-corrected chi connectivity index (χ2v) is 6.63. The summed E-state index contributed by atoms with van der Waals surface area (Å²) in [5.41, 5.74) is 1.30. The maximum absolute atomic E-state index is 14.3. The number of H-pyrrole nitrogens is 1. The number of hydrogen-bond donors (Lipinski definition) is 1. The van der Waals surface area contributed by atoms with Gasteiger partial charge in [-0.25, -0.2) is 4.39 Å². The molecule has 1 aromatic heterocycles. The van der Waals surface area contributed by atoms with Crippen molar-refractivity contribution in [3.05, 3.63) is 39.4 Å². The number of aryl methyl sites for hydroxylation is 1. The summed E-state index contributed by atoms with van der Waals surface area (Å²) in [5, 5.41) is 0.654. The van der Waals surface area contributed by atoms with Crippen LogP contribution in [-0.2, 0) is 4.74 Å². The van der Waals surface area contributed by atoms with Crippen LogP contribution in [0.15, 0.2) is 16.9 Å². The fraction of sp³-hybridized carbons (Fsp3) is 0.421. The number of nitrogens with one attached hydrogen (secondary N) is 1. The summed E-state index contributed by atoms with van der Waals surface area (Å²) in [7, 11) is 1.71. The number of terminal acetylenes is 1. The first kappa shape index (κ1) is 16.5. The minimum Gasteiger partial charge on any atom is -0.378 e. The van der Waals surface area contributed by atoms with Crippen LogP contribution in [0.2, 0.25) is 0 Å². The summed E-state index contributed by atoms with van der Waals surface area (Å²) in [6, 6.07) is 3.28. The topological polar surface area (TPSA) is 45.3 Å². The number of aromatic amines is 1. The number of anilines is 1. The number of hydrogen-bond acceptors (Lipinski definition) is 3. The smallest absolute Gasteiger partial charge is 0.266 e. The van der Waals surface area contributed by atoms with Crippen molar-refractivity contribution in [1.29, 1.82) is 0 Å². The van der Waals surface area contributed by atoms with Crippen molar-refractivity contribution >= 4 is 16.6 Å². The third-order valence-corrected chi connectivity index (χ3v) is 4.97. The fourth-order valence-corrected chi connectivity index (χ4v) is 3.34. The lowest BCUT2D eigenvalue weighted by atomic mass is 9.92. The largest absolute Gasteiger partial charge is 0.378 e. The Bertz CT molecular complexity index is 887. The van der Waals surface area contributed by atoms with Gasteiger partial charge in [0.25, 0.3) is 5.56 Å². The van der Waals surface area contributed by atoms with Gasteiger partial charge in [0.15, 0.2) is 0 Å². The molecule has 4 nitrogen and oxygen atoms in total. The van der Waals surface area contributed by atoms with Crippen LogP contribution in [-0.4, -0.2) is 30.8 Å². The standard InChI is InChI=1S/C19H21FN2O2/c1-5-13-17(22-8-6-19(3,24-4)7-9-22)14-10-12(2)11-15(20)16(14)21-18(13)23/h1,10-11H,6-9H2,2-4H3,(H,21,23). The monoisotopic (exact) mass is 328 g/mol. The second kappa shape index (κ2) is 5.95. The molecule has 126 valence electrons. The number of piperidine rings is 1. The van der Waals surface area contributed by atoms with Crippen molar-refractivity contribution in [2.45, 2.75) is 32.3 Å². The molecule has 2 heterocycles. The summed E-state index contributed by atoms with van der Waals surface area (Å²) in [5.74, 6) is 2.05. The lowest BCUT2D eigenvalue weighted by Gasteiger charge is -2.40. The van der Waals surface area contributed by atoms with E-state index in [-0.39, 0.29) is 16.7 Å². The molecule has 2 aromatic rings. The Hall–Kier alpha value is -2.32. The highest BCUT2D eigenvalue weighted by atomic mass is 19.1. The summed E-state index contributed by atoms with van der Waals surface area (Å²) < 4.78 is 19.9.